The molecule has 0 radical (unpaired) electrons. The van der Waals surface area contributed by atoms with Gasteiger partial charge in [0.15, 0.2) is 0 Å². The summed E-state index contributed by atoms with van der Waals surface area (Å²) >= 11 is 0. The maximum absolute atomic E-state index is 11.5. The first-order valence-electron chi connectivity index (χ1n) is 6.39. The maximum Gasteiger partial charge on any atom is 0.338 e. The smallest absolute Gasteiger partial charge is 0.338 e. The first-order valence-corrected chi connectivity index (χ1v) is 6.39. The first-order chi connectivity index (χ1) is 9.72. The lowest BCUT2D eigenvalue weighted by atomic mass is 10.2. The minimum absolute atomic E-state index is 0.300. The van der Waals surface area contributed by atoms with E-state index in [-0.39, 0.29) is 5.97 Å². The van der Waals surface area contributed by atoms with E-state index in [0.717, 1.165) is 11.3 Å². The Morgan fingerprint density at radius 1 is 1.45 bits per heavy atom. The summed E-state index contributed by atoms with van der Waals surface area (Å²) in [6.45, 7) is 6.47. The monoisotopic (exact) mass is 271 g/mol. The molecule has 0 saturated heterocycles. The van der Waals surface area contributed by atoms with Crippen LogP contribution in [0.15, 0.2) is 43.2 Å². The van der Waals surface area contributed by atoms with Gasteiger partial charge in [0, 0.05) is 30.2 Å². The Kier molecular flexibility index (Phi) is 4.55. The summed E-state index contributed by atoms with van der Waals surface area (Å²) in [5, 5.41) is 7.36. The van der Waals surface area contributed by atoms with Crippen LogP contribution >= 0.6 is 0 Å². The van der Waals surface area contributed by atoms with Gasteiger partial charge in [0.05, 0.1) is 18.4 Å². The summed E-state index contributed by atoms with van der Waals surface area (Å²) in [7, 11) is 0. The topological polar surface area (TPSA) is 56.2 Å². The van der Waals surface area contributed by atoms with Crippen molar-refractivity contribution in [2.45, 2.75) is 13.5 Å². The normalized spacial score (nSPS) is 10.1. The molecule has 0 aliphatic carbocycles. The number of benzene rings is 1. The number of aromatic nitrogens is 2. The highest BCUT2D eigenvalue weighted by molar-refractivity contribution is 5.89. The van der Waals surface area contributed by atoms with Crippen molar-refractivity contribution in [1.29, 1.82) is 0 Å². The van der Waals surface area contributed by atoms with E-state index in [0.29, 0.717) is 18.7 Å². The Bertz CT molecular complexity index is 587. The Morgan fingerprint density at radius 3 is 2.80 bits per heavy atom. The molecule has 1 heterocycles. The van der Waals surface area contributed by atoms with Crippen LogP contribution in [0.4, 0.5) is 5.69 Å². The third-order valence-electron chi connectivity index (χ3n) is 2.73. The lowest BCUT2D eigenvalue weighted by Crippen LogP contribution is -2.05. The van der Waals surface area contributed by atoms with E-state index >= 15 is 0 Å². The van der Waals surface area contributed by atoms with E-state index in [1.54, 1.807) is 36.1 Å². The number of carbonyl (C=O) groups is 1. The fourth-order valence-corrected chi connectivity index (χ4v) is 1.71. The van der Waals surface area contributed by atoms with Crippen molar-refractivity contribution in [3.05, 3.63) is 54.4 Å². The van der Waals surface area contributed by atoms with Gasteiger partial charge in [0.25, 0.3) is 0 Å². The third-order valence-corrected chi connectivity index (χ3v) is 2.73. The quantitative estimate of drug-likeness (QED) is 0.821. The minimum atomic E-state index is -0.300. The lowest BCUT2D eigenvalue weighted by molar-refractivity contribution is 0.0526. The average molecular weight is 271 g/mol. The van der Waals surface area contributed by atoms with Crippen LogP contribution in [0.25, 0.3) is 6.20 Å². The zero-order valence-corrected chi connectivity index (χ0v) is 11.4. The number of esters is 1. The molecule has 0 aliphatic rings. The van der Waals surface area contributed by atoms with Gasteiger partial charge in [-0.1, -0.05) is 6.58 Å². The fourth-order valence-electron chi connectivity index (χ4n) is 1.71. The SMILES string of the molecule is C=Cn1cc(CNc2ccc(C(=O)OCC)cc2)cn1. The number of rotatable bonds is 6. The van der Waals surface area contributed by atoms with E-state index in [1.807, 2.05) is 18.3 Å². The molecule has 0 spiro atoms. The van der Waals surface area contributed by atoms with Crippen molar-refractivity contribution in [1.82, 2.24) is 9.78 Å². The number of nitrogens with zero attached hydrogens (tertiary/aromatic N) is 2. The molecule has 0 saturated carbocycles. The van der Waals surface area contributed by atoms with Gasteiger partial charge in [-0.25, -0.2) is 9.48 Å². The van der Waals surface area contributed by atoms with Gasteiger partial charge in [-0.2, -0.15) is 5.10 Å². The molecule has 0 unspecified atom stereocenters. The summed E-state index contributed by atoms with van der Waals surface area (Å²) in [4.78, 5) is 11.5. The molecular formula is C15H17N3O2. The van der Waals surface area contributed by atoms with Crippen molar-refractivity contribution < 1.29 is 9.53 Å². The Hall–Kier alpha value is -2.56. The molecule has 0 amide bonds. The zero-order chi connectivity index (χ0) is 14.4. The molecular weight excluding hydrogens is 254 g/mol. The molecule has 1 aromatic heterocycles. The summed E-state index contributed by atoms with van der Waals surface area (Å²) in [5.41, 5.74) is 2.54. The number of hydrogen-bond donors (Lipinski definition) is 1. The van der Waals surface area contributed by atoms with Crippen LogP contribution in [0.2, 0.25) is 0 Å². The molecule has 0 fully saturated rings. The molecule has 5 heteroatoms. The van der Waals surface area contributed by atoms with Crippen LogP contribution in [-0.4, -0.2) is 22.4 Å². The second kappa shape index (κ2) is 6.56. The molecule has 0 bridgehead atoms. The van der Waals surface area contributed by atoms with Crippen molar-refractivity contribution in [3.8, 4) is 0 Å². The summed E-state index contributed by atoms with van der Waals surface area (Å²) in [6, 6.07) is 7.19. The van der Waals surface area contributed by atoms with Gasteiger partial charge in [-0.15, -0.1) is 0 Å². The summed E-state index contributed by atoms with van der Waals surface area (Å²) in [6.07, 6.45) is 5.31. The second-order valence-corrected chi connectivity index (χ2v) is 4.16. The Labute approximate surface area is 117 Å². The van der Waals surface area contributed by atoms with Gasteiger partial charge in [0.1, 0.15) is 0 Å². The summed E-state index contributed by atoms with van der Waals surface area (Å²) in [5.74, 6) is -0.300. The second-order valence-electron chi connectivity index (χ2n) is 4.16. The van der Waals surface area contributed by atoms with E-state index in [4.69, 9.17) is 4.74 Å². The molecule has 2 rings (SSSR count). The van der Waals surface area contributed by atoms with Gasteiger partial charge in [0.2, 0.25) is 0 Å². The van der Waals surface area contributed by atoms with Crippen LogP contribution < -0.4 is 5.32 Å². The largest absolute Gasteiger partial charge is 0.462 e. The number of carbonyl (C=O) groups excluding carboxylic acids is 1. The van der Waals surface area contributed by atoms with Crippen molar-refractivity contribution >= 4 is 17.9 Å². The molecule has 0 aliphatic heterocycles. The first kappa shape index (κ1) is 13.9. The molecule has 20 heavy (non-hydrogen) atoms. The Balaban J connectivity index is 1.93. The highest BCUT2D eigenvalue weighted by Crippen LogP contribution is 2.12. The van der Waals surface area contributed by atoms with Gasteiger partial charge in [-0.05, 0) is 31.2 Å². The number of anilines is 1. The maximum atomic E-state index is 11.5. The number of hydrogen-bond acceptors (Lipinski definition) is 4. The highest BCUT2D eigenvalue weighted by Gasteiger charge is 2.05. The standard InChI is InChI=1S/C15H17N3O2/c1-3-18-11-12(10-17-18)9-16-14-7-5-13(6-8-14)15(19)20-4-2/h3,5-8,10-11,16H,1,4,9H2,2H3. The Morgan fingerprint density at radius 2 is 2.20 bits per heavy atom. The van der Waals surface area contributed by atoms with Crippen LogP contribution in [0.1, 0.15) is 22.8 Å². The van der Waals surface area contributed by atoms with Crippen LogP contribution in [0.5, 0.6) is 0 Å². The predicted molar refractivity (Wildman–Crippen MR) is 78.3 cm³/mol. The van der Waals surface area contributed by atoms with Crippen LogP contribution in [-0.2, 0) is 11.3 Å². The van der Waals surface area contributed by atoms with E-state index < -0.39 is 0 Å². The van der Waals surface area contributed by atoms with Gasteiger partial charge in [-0.3, -0.25) is 0 Å². The number of ether oxygens (including phenoxy) is 1. The lowest BCUT2D eigenvalue weighted by Gasteiger charge is -2.06. The van der Waals surface area contributed by atoms with Gasteiger partial charge < -0.3 is 10.1 Å². The molecule has 1 N–H and O–H groups in total. The minimum Gasteiger partial charge on any atom is -0.462 e. The third kappa shape index (κ3) is 3.47. The molecule has 2 aromatic rings. The molecule has 1 aromatic carbocycles. The van der Waals surface area contributed by atoms with E-state index in [2.05, 4.69) is 17.0 Å². The van der Waals surface area contributed by atoms with Crippen LogP contribution in [0, 0.1) is 0 Å². The average Bonchev–Trinajstić information content (AvgIpc) is 2.94. The van der Waals surface area contributed by atoms with Crippen molar-refractivity contribution in [2.75, 3.05) is 11.9 Å². The zero-order valence-electron chi connectivity index (χ0n) is 11.4. The van der Waals surface area contributed by atoms with Crippen molar-refractivity contribution in [2.24, 2.45) is 0 Å². The highest BCUT2D eigenvalue weighted by atomic mass is 16.5. The predicted octanol–water partition coefficient (Wildman–Crippen LogP) is 2.77. The number of nitrogens with one attached hydrogen (secondary N) is 1. The fraction of sp³-hybridized carbons (Fsp3) is 0.200. The molecule has 0 atom stereocenters. The van der Waals surface area contributed by atoms with Gasteiger partial charge >= 0.3 is 5.97 Å². The molecule has 104 valence electrons. The summed E-state index contributed by atoms with van der Waals surface area (Å²) < 4.78 is 6.59. The van der Waals surface area contributed by atoms with E-state index in [9.17, 15) is 4.79 Å². The molecule has 5 nitrogen and oxygen atoms in total. The van der Waals surface area contributed by atoms with E-state index in [1.165, 1.54) is 0 Å². The van der Waals surface area contributed by atoms with Crippen molar-refractivity contribution in [3.63, 3.8) is 0 Å². The van der Waals surface area contributed by atoms with Crippen LogP contribution in [0.3, 0.4) is 0 Å².